The third-order valence-electron chi connectivity index (χ3n) is 4.35. The Kier molecular flexibility index (Phi) is 6.20. The summed E-state index contributed by atoms with van der Waals surface area (Å²) in [5, 5.41) is 16.1. The van der Waals surface area contributed by atoms with Crippen molar-refractivity contribution >= 4 is 11.3 Å². The Morgan fingerprint density at radius 3 is 2.95 bits per heavy atom. The molecule has 1 saturated heterocycles. The summed E-state index contributed by atoms with van der Waals surface area (Å²) < 4.78 is 0. The lowest BCUT2D eigenvalue weighted by Gasteiger charge is -2.38. The fourth-order valence-electron chi connectivity index (χ4n) is 3.47. The summed E-state index contributed by atoms with van der Waals surface area (Å²) in [6.45, 7) is 5.47. The summed E-state index contributed by atoms with van der Waals surface area (Å²) in [5.41, 5.74) is 7.64. The summed E-state index contributed by atoms with van der Waals surface area (Å²) in [6, 6.07) is 3.23. The van der Waals surface area contributed by atoms with Crippen LogP contribution >= 0.6 is 11.3 Å². The molecular weight excluding hydrogens is 282 g/mol. The molecule has 2 heterocycles. The molecule has 4 nitrogen and oxygen atoms in total. The number of likely N-dealkylation sites (N-methyl/N-ethyl adjacent to an activating group) is 1. The number of nitrogens with one attached hydrogen (secondary N) is 2. The largest absolute Gasteiger partial charge is 0.396 e. The minimum absolute atomic E-state index is 0.141. The number of hydrogen-bond acceptors (Lipinski definition) is 5. The molecular formula is C16H29N3OS. The molecule has 1 aliphatic heterocycles. The van der Waals surface area contributed by atoms with Crippen molar-refractivity contribution in [3.05, 3.63) is 21.4 Å². The lowest BCUT2D eigenvalue weighted by Crippen LogP contribution is -2.55. The number of aliphatic hydroxyl groups excluding tert-OH is 1. The van der Waals surface area contributed by atoms with Crippen LogP contribution in [0, 0.1) is 6.92 Å². The zero-order valence-electron chi connectivity index (χ0n) is 13.4. The lowest BCUT2D eigenvalue weighted by molar-refractivity contribution is 0.268. The summed E-state index contributed by atoms with van der Waals surface area (Å²) in [6.07, 6.45) is 3.01. The van der Waals surface area contributed by atoms with Gasteiger partial charge in [0.15, 0.2) is 0 Å². The van der Waals surface area contributed by atoms with Crippen LogP contribution < -0.4 is 16.4 Å². The fraction of sp³-hybridized carbons (Fsp3) is 0.750. The van der Waals surface area contributed by atoms with Crippen LogP contribution in [0.4, 0.5) is 0 Å². The molecule has 0 aliphatic carbocycles. The van der Waals surface area contributed by atoms with Crippen molar-refractivity contribution in [3.8, 4) is 0 Å². The van der Waals surface area contributed by atoms with Crippen molar-refractivity contribution in [1.82, 2.24) is 10.6 Å². The van der Waals surface area contributed by atoms with Crippen molar-refractivity contribution in [2.45, 2.75) is 57.2 Å². The maximum atomic E-state index is 9.28. The van der Waals surface area contributed by atoms with Crippen LogP contribution in [0.1, 0.15) is 41.0 Å². The Labute approximate surface area is 132 Å². The highest BCUT2D eigenvalue weighted by molar-refractivity contribution is 7.12. The molecule has 1 aromatic heterocycles. The third-order valence-corrected chi connectivity index (χ3v) is 5.60. The number of aliphatic hydroxyl groups is 1. The van der Waals surface area contributed by atoms with Gasteiger partial charge in [-0.2, -0.15) is 0 Å². The minimum atomic E-state index is 0.141. The zero-order chi connectivity index (χ0) is 15.4. The monoisotopic (exact) mass is 311 g/mol. The predicted molar refractivity (Wildman–Crippen MR) is 90.1 cm³/mol. The van der Waals surface area contributed by atoms with Gasteiger partial charge in [0.25, 0.3) is 0 Å². The van der Waals surface area contributed by atoms with E-state index in [9.17, 15) is 5.11 Å². The molecule has 4 atom stereocenters. The second kappa shape index (κ2) is 7.70. The van der Waals surface area contributed by atoms with Crippen molar-refractivity contribution in [3.63, 3.8) is 0 Å². The second-order valence-corrected chi connectivity index (χ2v) is 7.57. The Morgan fingerprint density at radius 2 is 2.29 bits per heavy atom. The van der Waals surface area contributed by atoms with Gasteiger partial charge in [-0.1, -0.05) is 0 Å². The Hall–Kier alpha value is -0.460. The second-order valence-electron chi connectivity index (χ2n) is 6.28. The first-order valence-electron chi connectivity index (χ1n) is 7.91. The molecule has 2 rings (SSSR count). The number of piperidine rings is 1. The predicted octanol–water partition coefficient (Wildman–Crippen LogP) is 1.36. The van der Waals surface area contributed by atoms with Crippen LogP contribution in [0.3, 0.4) is 0 Å². The van der Waals surface area contributed by atoms with Crippen LogP contribution in [-0.2, 0) is 6.42 Å². The lowest BCUT2D eigenvalue weighted by atomic mass is 9.83. The molecule has 21 heavy (non-hydrogen) atoms. The number of hydrogen-bond donors (Lipinski definition) is 4. The number of rotatable bonds is 6. The van der Waals surface area contributed by atoms with E-state index in [2.05, 4.69) is 30.5 Å². The van der Waals surface area contributed by atoms with Crippen molar-refractivity contribution < 1.29 is 5.11 Å². The molecule has 4 unspecified atom stereocenters. The molecule has 0 spiro atoms. The van der Waals surface area contributed by atoms with E-state index < -0.39 is 0 Å². The van der Waals surface area contributed by atoms with E-state index in [0.29, 0.717) is 18.0 Å². The highest BCUT2D eigenvalue weighted by atomic mass is 32.1. The average Bonchev–Trinajstić information content (AvgIpc) is 2.80. The highest BCUT2D eigenvalue weighted by Gasteiger charge is 2.32. The van der Waals surface area contributed by atoms with Crippen LogP contribution in [0.25, 0.3) is 0 Å². The first-order chi connectivity index (χ1) is 10.0. The van der Waals surface area contributed by atoms with Crippen LogP contribution in [-0.4, -0.2) is 43.4 Å². The van der Waals surface area contributed by atoms with Crippen LogP contribution in [0.2, 0.25) is 0 Å². The van der Waals surface area contributed by atoms with E-state index >= 15 is 0 Å². The van der Waals surface area contributed by atoms with Gasteiger partial charge in [-0.15, -0.1) is 11.3 Å². The summed E-state index contributed by atoms with van der Waals surface area (Å²) in [5.74, 6) is 0.564. The first-order valence-corrected chi connectivity index (χ1v) is 8.73. The molecule has 0 aromatic carbocycles. The van der Waals surface area contributed by atoms with E-state index in [0.717, 1.165) is 25.8 Å². The van der Waals surface area contributed by atoms with E-state index in [-0.39, 0.29) is 12.6 Å². The fourth-order valence-corrected chi connectivity index (χ4v) is 4.67. The highest BCUT2D eigenvalue weighted by Crippen LogP contribution is 2.38. The molecule has 1 aliphatic rings. The quantitative estimate of drug-likeness (QED) is 0.640. The van der Waals surface area contributed by atoms with E-state index in [1.165, 1.54) is 15.3 Å². The molecule has 1 fully saturated rings. The smallest absolute Gasteiger partial charge is 0.0471 e. The molecule has 0 radical (unpaired) electrons. The summed E-state index contributed by atoms with van der Waals surface area (Å²) in [7, 11) is 1.95. The minimum Gasteiger partial charge on any atom is -0.396 e. The van der Waals surface area contributed by atoms with E-state index in [4.69, 9.17) is 5.73 Å². The van der Waals surface area contributed by atoms with Gasteiger partial charge in [-0.25, -0.2) is 0 Å². The van der Waals surface area contributed by atoms with Gasteiger partial charge >= 0.3 is 0 Å². The van der Waals surface area contributed by atoms with E-state index in [1.807, 2.05) is 18.4 Å². The van der Waals surface area contributed by atoms with Crippen molar-refractivity contribution in [1.29, 1.82) is 0 Å². The Morgan fingerprint density at radius 1 is 1.52 bits per heavy atom. The maximum absolute atomic E-state index is 9.28. The molecule has 0 amide bonds. The first kappa shape index (κ1) is 16.9. The third kappa shape index (κ3) is 4.27. The van der Waals surface area contributed by atoms with Crippen molar-refractivity contribution in [2.24, 2.45) is 5.73 Å². The van der Waals surface area contributed by atoms with Crippen molar-refractivity contribution in [2.75, 3.05) is 20.2 Å². The zero-order valence-corrected chi connectivity index (χ0v) is 14.2. The van der Waals surface area contributed by atoms with Gasteiger partial charge in [0, 0.05) is 41.0 Å². The van der Waals surface area contributed by atoms with Gasteiger partial charge in [0.2, 0.25) is 0 Å². The van der Waals surface area contributed by atoms with Crippen LogP contribution in [0.15, 0.2) is 6.07 Å². The average molecular weight is 311 g/mol. The maximum Gasteiger partial charge on any atom is 0.0471 e. The van der Waals surface area contributed by atoms with Gasteiger partial charge in [0.1, 0.15) is 0 Å². The number of nitrogens with two attached hydrogens (primary N) is 1. The molecule has 5 N–H and O–H groups in total. The standard InChI is InChI=1S/C16H29N3OS/c1-10-6-13(8-15(19-10)14(17)9-18-3)16-12(4-5-20)7-11(2)21-16/h7,10,13-15,18-20H,4-6,8-9,17H2,1-3H3. The number of thiophene rings is 1. The van der Waals surface area contributed by atoms with E-state index in [1.54, 1.807) is 0 Å². The Balaban J connectivity index is 2.15. The van der Waals surface area contributed by atoms with Crippen LogP contribution in [0.5, 0.6) is 0 Å². The topological polar surface area (TPSA) is 70.3 Å². The summed E-state index contributed by atoms with van der Waals surface area (Å²) in [4.78, 5) is 2.81. The molecule has 0 bridgehead atoms. The normalized spacial score (nSPS) is 27.8. The molecule has 5 heteroatoms. The molecule has 120 valence electrons. The van der Waals surface area contributed by atoms with Gasteiger partial charge < -0.3 is 21.5 Å². The summed E-state index contributed by atoms with van der Waals surface area (Å²) >= 11 is 1.89. The SMILES string of the molecule is CNCC(N)C1CC(c2sc(C)cc2CCO)CC(C)N1. The van der Waals surface area contributed by atoms with Gasteiger partial charge in [-0.3, -0.25) is 0 Å². The van der Waals surface area contributed by atoms with Gasteiger partial charge in [-0.05, 0) is 57.7 Å². The number of aryl methyl sites for hydroxylation is 1. The molecule has 1 aromatic rings. The van der Waals surface area contributed by atoms with Gasteiger partial charge in [0.05, 0.1) is 0 Å². The Bertz CT molecular complexity index is 449. The molecule has 0 saturated carbocycles.